The number of phenolic OH excluding ortho intramolecular Hbond substituents is 2. The summed E-state index contributed by atoms with van der Waals surface area (Å²) in [7, 11) is 4.45. The third-order valence-corrected chi connectivity index (χ3v) is 11.5. The van der Waals surface area contributed by atoms with E-state index in [1.54, 1.807) is 0 Å². The van der Waals surface area contributed by atoms with Gasteiger partial charge in [0.25, 0.3) is 0 Å². The van der Waals surface area contributed by atoms with Gasteiger partial charge in [-0.25, -0.2) is 0 Å². The molecular formula is C31H45NO2. The van der Waals surface area contributed by atoms with Crippen molar-refractivity contribution < 1.29 is 10.2 Å². The molecule has 0 heterocycles. The fraction of sp³-hybridized carbons (Fsp3) is 0.677. The number of hydrogen-bond donors (Lipinski definition) is 2. The van der Waals surface area contributed by atoms with Crippen molar-refractivity contribution in [2.45, 2.75) is 85.0 Å². The van der Waals surface area contributed by atoms with Gasteiger partial charge in [0.15, 0.2) is 11.5 Å². The minimum absolute atomic E-state index is 0.0407. The Balaban J connectivity index is 1.64. The van der Waals surface area contributed by atoms with Crippen molar-refractivity contribution in [2.24, 2.45) is 27.6 Å². The molecular weight excluding hydrogens is 418 g/mol. The van der Waals surface area contributed by atoms with Gasteiger partial charge in [0.1, 0.15) is 0 Å². The first-order chi connectivity index (χ1) is 15.7. The van der Waals surface area contributed by atoms with Crippen LogP contribution >= 0.6 is 0 Å². The van der Waals surface area contributed by atoms with Crippen LogP contribution in [0.5, 0.6) is 11.5 Å². The lowest BCUT2D eigenvalue weighted by atomic mass is 9.35. The molecule has 6 unspecified atom stereocenters. The maximum Gasteiger partial charge on any atom is 0.164 e. The van der Waals surface area contributed by atoms with Gasteiger partial charge in [0.05, 0.1) is 0 Å². The van der Waals surface area contributed by atoms with Gasteiger partial charge >= 0.3 is 0 Å². The SMILES string of the molecule is C=c1c(O)c(O)cc2c1=CC=C1C2(C)CCC2(C)C3CC(C)(CN(C)C)CCC3(C)CCC12C. The molecule has 2 N–H and O–H groups in total. The summed E-state index contributed by atoms with van der Waals surface area (Å²) in [6.07, 6.45) is 13.3. The number of benzene rings is 1. The molecule has 0 saturated heterocycles. The third-order valence-electron chi connectivity index (χ3n) is 11.5. The Morgan fingerprint density at radius 1 is 0.941 bits per heavy atom. The molecule has 0 aromatic heterocycles. The zero-order chi connectivity index (χ0) is 24.9. The molecule has 4 aliphatic carbocycles. The highest BCUT2D eigenvalue weighted by atomic mass is 16.3. The molecule has 5 rings (SSSR count). The highest BCUT2D eigenvalue weighted by Crippen LogP contribution is 2.74. The monoisotopic (exact) mass is 463 g/mol. The van der Waals surface area contributed by atoms with Gasteiger partial charge in [-0.05, 0) is 103 Å². The fourth-order valence-electron chi connectivity index (χ4n) is 9.34. The van der Waals surface area contributed by atoms with Crippen LogP contribution in [0.2, 0.25) is 0 Å². The van der Waals surface area contributed by atoms with Crippen LogP contribution in [-0.2, 0) is 5.41 Å². The Labute approximate surface area is 206 Å². The summed E-state index contributed by atoms with van der Waals surface area (Å²) in [6.45, 7) is 17.9. The maximum atomic E-state index is 10.5. The molecule has 1 aromatic rings. The van der Waals surface area contributed by atoms with E-state index in [0.29, 0.717) is 22.0 Å². The number of rotatable bonds is 2. The molecule has 3 saturated carbocycles. The highest BCUT2D eigenvalue weighted by Gasteiger charge is 2.66. The van der Waals surface area contributed by atoms with Crippen molar-refractivity contribution in [1.29, 1.82) is 0 Å². The van der Waals surface area contributed by atoms with E-state index in [4.69, 9.17) is 0 Å². The van der Waals surface area contributed by atoms with Crippen LogP contribution in [0, 0.1) is 27.6 Å². The summed E-state index contributed by atoms with van der Waals surface area (Å²) < 4.78 is 0. The second kappa shape index (κ2) is 7.15. The third kappa shape index (κ3) is 2.98. The van der Waals surface area contributed by atoms with Gasteiger partial charge in [-0.15, -0.1) is 0 Å². The summed E-state index contributed by atoms with van der Waals surface area (Å²) in [5, 5.41) is 22.4. The average molecular weight is 464 g/mol. The zero-order valence-corrected chi connectivity index (χ0v) is 22.5. The first-order valence-electron chi connectivity index (χ1n) is 13.3. The summed E-state index contributed by atoms with van der Waals surface area (Å²) >= 11 is 0. The standard InChI is InChI=1S/C31H45NO2/c1-20-21-9-10-24-29(4,22(21)17-23(33)26(20)34)14-16-31(6)25-18-27(2,19-32(7)8)11-12-28(25,3)13-15-30(24,31)5/h9-10,17,25,33-34H,1,11-16,18-19H2,2-8H3. The van der Waals surface area contributed by atoms with E-state index in [-0.39, 0.29) is 27.7 Å². The molecule has 1 aromatic carbocycles. The minimum atomic E-state index is -0.134. The molecule has 4 aliphatic rings. The lowest BCUT2D eigenvalue weighted by Gasteiger charge is -2.70. The second-order valence-electron chi connectivity index (χ2n) is 14.0. The summed E-state index contributed by atoms with van der Waals surface area (Å²) in [5.74, 6) is 0.583. The van der Waals surface area contributed by atoms with E-state index in [9.17, 15) is 10.2 Å². The lowest BCUT2D eigenvalue weighted by molar-refractivity contribution is -0.160. The number of hydrogen-bond acceptors (Lipinski definition) is 3. The summed E-state index contributed by atoms with van der Waals surface area (Å²) in [5.41, 5.74) is 3.71. The van der Waals surface area contributed by atoms with Crippen molar-refractivity contribution in [1.82, 2.24) is 4.90 Å². The summed E-state index contributed by atoms with van der Waals surface area (Å²) in [4.78, 5) is 2.39. The van der Waals surface area contributed by atoms with E-state index in [1.165, 1.54) is 50.6 Å². The lowest BCUT2D eigenvalue weighted by Crippen LogP contribution is -2.63. The Kier molecular flexibility index (Phi) is 5.04. The Morgan fingerprint density at radius 3 is 2.29 bits per heavy atom. The van der Waals surface area contributed by atoms with Gasteiger partial charge in [-0.2, -0.15) is 0 Å². The normalized spacial score (nSPS) is 43.2. The van der Waals surface area contributed by atoms with Gasteiger partial charge in [-0.3, -0.25) is 0 Å². The van der Waals surface area contributed by atoms with Crippen LogP contribution in [0.25, 0.3) is 12.7 Å². The van der Waals surface area contributed by atoms with Gasteiger partial charge < -0.3 is 15.1 Å². The molecule has 0 radical (unpaired) electrons. The molecule has 0 spiro atoms. The van der Waals surface area contributed by atoms with Gasteiger partial charge in [0, 0.05) is 17.2 Å². The van der Waals surface area contributed by atoms with Crippen molar-refractivity contribution >= 4 is 12.7 Å². The predicted octanol–water partition coefficient (Wildman–Crippen LogP) is 5.46. The second-order valence-corrected chi connectivity index (χ2v) is 14.0. The molecule has 186 valence electrons. The number of phenols is 2. The molecule has 3 fully saturated rings. The highest BCUT2D eigenvalue weighted by molar-refractivity contribution is 5.61. The number of allylic oxidation sites excluding steroid dienone is 2. The molecule has 0 aliphatic heterocycles. The van der Waals surface area contributed by atoms with Crippen molar-refractivity contribution in [3.63, 3.8) is 0 Å². The van der Waals surface area contributed by atoms with E-state index in [1.807, 2.05) is 6.07 Å². The minimum Gasteiger partial charge on any atom is -0.504 e. The first kappa shape index (κ1) is 24.0. The number of aromatic hydroxyl groups is 2. The number of fused-ring (bicyclic) bond motifs is 7. The van der Waals surface area contributed by atoms with Crippen LogP contribution in [0.15, 0.2) is 17.7 Å². The van der Waals surface area contributed by atoms with E-state index >= 15 is 0 Å². The topological polar surface area (TPSA) is 43.7 Å². The van der Waals surface area contributed by atoms with Crippen molar-refractivity contribution in [2.75, 3.05) is 20.6 Å². The Morgan fingerprint density at radius 2 is 1.62 bits per heavy atom. The smallest absolute Gasteiger partial charge is 0.164 e. The van der Waals surface area contributed by atoms with E-state index in [0.717, 1.165) is 17.2 Å². The molecule has 0 bridgehead atoms. The van der Waals surface area contributed by atoms with Crippen molar-refractivity contribution in [3.05, 3.63) is 33.7 Å². The van der Waals surface area contributed by atoms with Crippen LogP contribution in [0.3, 0.4) is 0 Å². The quantitative estimate of drug-likeness (QED) is 0.572. The van der Waals surface area contributed by atoms with E-state index < -0.39 is 0 Å². The maximum absolute atomic E-state index is 10.5. The number of nitrogens with zero attached hydrogens (tertiary/aromatic N) is 1. The van der Waals surface area contributed by atoms with E-state index in [2.05, 4.69) is 72.3 Å². The van der Waals surface area contributed by atoms with Gasteiger partial charge in [0.2, 0.25) is 0 Å². The average Bonchev–Trinajstić information content (AvgIpc) is 2.75. The predicted molar refractivity (Wildman–Crippen MR) is 141 cm³/mol. The molecule has 3 nitrogen and oxygen atoms in total. The molecule has 6 atom stereocenters. The first-order valence-corrected chi connectivity index (χ1v) is 13.3. The Bertz CT molecular complexity index is 1180. The molecule has 0 amide bonds. The van der Waals surface area contributed by atoms with Crippen molar-refractivity contribution in [3.8, 4) is 11.5 Å². The van der Waals surface area contributed by atoms with Gasteiger partial charge in [-0.1, -0.05) is 58.9 Å². The Hall–Kier alpha value is -1.74. The molecule has 34 heavy (non-hydrogen) atoms. The van der Waals surface area contributed by atoms with Crippen LogP contribution in [-0.4, -0.2) is 35.8 Å². The fourth-order valence-corrected chi connectivity index (χ4v) is 9.34. The zero-order valence-electron chi connectivity index (χ0n) is 22.5. The van der Waals surface area contributed by atoms with Crippen LogP contribution < -0.4 is 10.4 Å². The summed E-state index contributed by atoms with van der Waals surface area (Å²) in [6, 6.07) is 1.82. The molecule has 3 heteroatoms. The van der Waals surface area contributed by atoms with Crippen LogP contribution in [0.4, 0.5) is 0 Å². The van der Waals surface area contributed by atoms with Crippen LogP contribution in [0.1, 0.15) is 85.1 Å². The largest absolute Gasteiger partial charge is 0.504 e.